The summed E-state index contributed by atoms with van der Waals surface area (Å²) in [7, 11) is 0. The number of rotatable bonds is 11. The van der Waals surface area contributed by atoms with Gasteiger partial charge in [-0.2, -0.15) is 0 Å². The molecule has 0 heteroatoms. The molecule has 0 aliphatic heterocycles. The van der Waals surface area contributed by atoms with Crippen molar-refractivity contribution in [2.75, 3.05) is 0 Å². The van der Waals surface area contributed by atoms with Crippen molar-refractivity contribution >= 4 is 0 Å². The van der Waals surface area contributed by atoms with Crippen LogP contribution in [-0.4, -0.2) is 0 Å². The summed E-state index contributed by atoms with van der Waals surface area (Å²) in [6, 6.07) is 9.06. The zero-order valence-electron chi connectivity index (χ0n) is 21.3. The van der Waals surface area contributed by atoms with E-state index in [9.17, 15) is 0 Å². The Morgan fingerprint density at radius 1 is 0.656 bits per heavy atom. The van der Waals surface area contributed by atoms with Crippen molar-refractivity contribution in [3.05, 3.63) is 35.4 Å². The number of unbranched alkanes of at least 4 members (excludes halogenated alkanes) is 6. The Labute approximate surface area is 200 Å². The average Bonchev–Trinajstić information content (AvgIpc) is 2.84. The Hall–Kier alpha value is -1.22. The zero-order valence-corrected chi connectivity index (χ0v) is 21.3. The van der Waals surface area contributed by atoms with Gasteiger partial charge in [0.2, 0.25) is 0 Å². The van der Waals surface area contributed by atoms with Crippen molar-refractivity contribution in [1.29, 1.82) is 0 Å². The van der Waals surface area contributed by atoms with Crippen LogP contribution in [0.1, 0.15) is 134 Å². The third kappa shape index (κ3) is 8.96. The molecule has 0 spiro atoms. The third-order valence-electron chi connectivity index (χ3n) is 8.49. The van der Waals surface area contributed by atoms with Crippen molar-refractivity contribution < 1.29 is 0 Å². The van der Waals surface area contributed by atoms with Crippen LogP contribution in [-0.2, 0) is 6.42 Å². The Bertz CT molecular complexity index is 656. The quantitative estimate of drug-likeness (QED) is 0.240. The second kappa shape index (κ2) is 14.8. The van der Waals surface area contributed by atoms with Crippen LogP contribution in [0.2, 0.25) is 0 Å². The second-order valence-electron chi connectivity index (χ2n) is 11.0. The summed E-state index contributed by atoms with van der Waals surface area (Å²) in [5.41, 5.74) is 2.68. The number of aryl methyl sites for hydroxylation is 1. The van der Waals surface area contributed by atoms with Crippen molar-refractivity contribution in [3.8, 4) is 11.8 Å². The molecule has 0 amide bonds. The lowest BCUT2D eigenvalue weighted by molar-refractivity contribution is 0.153. The monoisotopic (exact) mass is 434 g/mol. The molecule has 0 atom stereocenters. The van der Waals surface area contributed by atoms with Gasteiger partial charge in [0.1, 0.15) is 0 Å². The molecule has 0 N–H and O–H groups in total. The van der Waals surface area contributed by atoms with Gasteiger partial charge in [0.25, 0.3) is 0 Å². The van der Waals surface area contributed by atoms with Gasteiger partial charge in [-0.25, -0.2) is 0 Å². The summed E-state index contributed by atoms with van der Waals surface area (Å²) in [4.78, 5) is 0. The van der Waals surface area contributed by atoms with E-state index < -0.39 is 0 Å². The van der Waals surface area contributed by atoms with Crippen LogP contribution in [0.15, 0.2) is 24.3 Å². The lowest BCUT2D eigenvalue weighted by Crippen LogP contribution is -2.25. The molecule has 2 aliphatic rings. The maximum absolute atomic E-state index is 3.63. The molecule has 0 nitrogen and oxygen atoms in total. The lowest BCUT2D eigenvalue weighted by Gasteiger charge is -2.37. The van der Waals surface area contributed by atoms with Crippen LogP contribution in [0.5, 0.6) is 0 Å². The average molecular weight is 435 g/mol. The van der Waals surface area contributed by atoms with E-state index in [2.05, 4.69) is 50.0 Å². The van der Waals surface area contributed by atoms with E-state index >= 15 is 0 Å². The molecule has 0 bridgehead atoms. The normalized spacial score (nSPS) is 25.8. The first-order valence-electron chi connectivity index (χ1n) is 14.4. The Balaban J connectivity index is 1.32. The third-order valence-corrected chi connectivity index (χ3v) is 8.49. The van der Waals surface area contributed by atoms with E-state index in [1.807, 2.05) is 0 Å². The van der Waals surface area contributed by atoms with Gasteiger partial charge in [-0.05, 0) is 86.8 Å². The van der Waals surface area contributed by atoms with Crippen molar-refractivity contribution in [2.45, 2.75) is 129 Å². The second-order valence-corrected chi connectivity index (χ2v) is 11.0. The Morgan fingerprint density at radius 2 is 1.25 bits per heavy atom. The van der Waals surface area contributed by atoms with Gasteiger partial charge in [0.15, 0.2) is 0 Å². The van der Waals surface area contributed by atoms with Crippen molar-refractivity contribution in [3.63, 3.8) is 0 Å². The first-order chi connectivity index (χ1) is 15.8. The van der Waals surface area contributed by atoms with E-state index in [0.717, 1.165) is 17.8 Å². The molecule has 0 radical (unpaired) electrons. The highest BCUT2D eigenvalue weighted by Gasteiger charge is 2.30. The summed E-state index contributed by atoms with van der Waals surface area (Å²) < 4.78 is 0. The summed E-state index contributed by atoms with van der Waals surface area (Å²) in [6.07, 6.45) is 25.5. The van der Waals surface area contributed by atoms with Crippen LogP contribution < -0.4 is 0 Å². The molecule has 3 rings (SSSR count). The summed E-state index contributed by atoms with van der Waals surface area (Å²) in [6.45, 7) is 4.59. The van der Waals surface area contributed by atoms with Gasteiger partial charge in [-0.3, -0.25) is 0 Å². The molecule has 1 aromatic rings. The lowest BCUT2D eigenvalue weighted by atomic mass is 9.69. The van der Waals surface area contributed by atoms with Gasteiger partial charge in [-0.1, -0.05) is 102 Å². The maximum Gasteiger partial charge on any atom is 0.0245 e. The predicted molar refractivity (Wildman–Crippen MR) is 141 cm³/mol. The first kappa shape index (κ1) is 25.4. The minimum atomic E-state index is 0.634. The molecule has 2 fully saturated rings. The van der Waals surface area contributed by atoms with E-state index in [1.54, 1.807) is 0 Å². The Morgan fingerprint density at radius 3 is 1.91 bits per heavy atom. The van der Waals surface area contributed by atoms with Gasteiger partial charge in [-0.15, -0.1) is 0 Å². The molecule has 1 aromatic carbocycles. The molecule has 0 aromatic heterocycles. The SMILES string of the molecule is CCCCCCC[C@H]1CC[C@H]([C@H]2CC[C@H](C#Cc3ccc(CCCCC)cc3)CC2)CC1. The predicted octanol–water partition coefficient (Wildman–Crippen LogP) is 9.74. The summed E-state index contributed by atoms with van der Waals surface area (Å²) in [5, 5.41) is 0. The molecule has 32 heavy (non-hydrogen) atoms. The van der Waals surface area contributed by atoms with Crippen molar-refractivity contribution in [1.82, 2.24) is 0 Å². The van der Waals surface area contributed by atoms with E-state index in [0.29, 0.717) is 5.92 Å². The molecule has 0 saturated heterocycles. The number of hydrogen-bond acceptors (Lipinski definition) is 0. The van der Waals surface area contributed by atoms with Crippen LogP contribution >= 0.6 is 0 Å². The first-order valence-corrected chi connectivity index (χ1v) is 14.4. The van der Waals surface area contributed by atoms with Crippen molar-refractivity contribution in [2.24, 2.45) is 23.7 Å². The van der Waals surface area contributed by atoms with E-state index in [1.165, 1.54) is 127 Å². The van der Waals surface area contributed by atoms with Crippen LogP contribution in [0, 0.1) is 35.5 Å². The van der Waals surface area contributed by atoms with Crippen LogP contribution in [0.25, 0.3) is 0 Å². The smallest absolute Gasteiger partial charge is 0.0245 e. The van der Waals surface area contributed by atoms with E-state index in [4.69, 9.17) is 0 Å². The highest BCUT2D eigenvalue weighted by Crippen LogP contribution is 2.42. The number of hydrogen-bond donors (Lipinski definition) is 0. The molecule has 2 saturated carbocycles. The Kier molecular flexibility index (Phi) is 11.8. The fourth-order valence-electron chi connectivity index (χ4n) is 6.24. The van der Waals surface area contributed by atoms with Gasteiger partial charge in [0.05, 0.1) is 0 Å². The van der Waals surface area contributed by atoms with Gasteiger partial charge >= 0.3 is 0 Å². The number of benzene rings is 1. The molecule has 178 valence electrons. The minimum absolute atomic E-state index is 0.634. The fraction of sp³-hybridized carbons (Fsp3) is 0.750. The minimum Gasteiger partial charge on any atom is -0.0945 e. The molecular formula is C32H50. The largest absolute Gasteiger partial charge is 0.0945 e. The topological polar surface area (TPSA) is 0 Å². The standard InChI is InChI=1S/C32H50/c1-3-5-7-8-10-12-28-19-23-31(24-20-28)32-25-21-30(22-26-32)18-17-29-15-13-27(14-16-29)11-9-6-4-2/h13-16,28,30-32H,3-12,19-26H2,1-2H3/t28-,30-,31-,32-. The highest BCUT2D eigenvalue weighted by atomic mass is 14.4. The fourth-order valence-corrected chi connectivity index (χ4v) is 6.24. The summed E-state index contributed by atoms with van der Waals surface area (Å²) >= 11 is 0. The van der Waals surface area contributed by atoms with E-state index in [-0.39, 0.29) is 0 Å². The van der Waals surface area contributed by atoms with Crippen LogP contribution in [0.4, 0.5) is 0 Å². The molecule has 2 aliphatic carbocycles. The molecule has 0 unspecified atom stereocenters. The summed E-state index contributed by atoms with van der Waals surface area (Å²) in [5.74, 6) is 10.8. The maximum atomic E-state index is 3.63. The van der Waals surface area contributed by atoms with Crippen LogP contribution in [0.3, 0.4) is 0 Å². The molecular weight excluding hydrogens is 384 g/mol. The molecule has 0 heterocycles. The highest BCUT2D eigenvalue weighted by molar-refractivity contribution is 5.36. The zero-order chi connectivity index (χ0) is 22.4. The van der Waals surface area contributed by atoms with Gasteiger partial charge in [0, 0.05) is 11.5 Å². The van der Waals surface area contributed by atoms with Gasteiger partial charge < -0.3 is 0 Å².